The lowest BCUT2D eigenvalue weighted by atomic mass is 10.1. The number of likely N-dealkylation sites (N-methyl/N-ethyl adjacent to an activating group) is 1. The van der Waals surface area contributed by atoms with Crippen molar-refractivity contribution in [2.45, 2.75) is 13.1 Å². The summed E-state index contributed by atoms with van der Waals surface area (Å²) in [5, 5.41) is 1.34. The summed E-state index contributed by atoms with van der Waals surface area (Å²) in [7, 11) is 3.85. The van der Waals surface area contributed by atoms with Gasteiger partial charge in [0, 0.05) is 36.3 Å². The van der Waals surface area contributed by atoms with Crippen LogP contribution in [-0.2, 0) is 17.8 Å². The Balaban J connectivity index is 2.25. The maximum Gasteiger partial charge on any atom is 0.0589 e. The first-order valence-corrected chi connectivity index (χ1v) is 6.94. The van der Waals surface area contributed by atoms with E-state index in [4.69, 9.17) is 10.5 Å². The molecule has 0 aliphatic heterocycles. The minimum atomic E-state index is 0.618. The Labute approximate surface area is 112 Å². The number of hydrogen-bond donors (Lipinski definition) is 1. The van der Waals surface area contributed by atoms with Crippen LogP contribution in [0.4, 0.5) is 0 Å². The van der Waals surface area contributed by atoms with Gasteiger partial charge in [-0.1, -0.05) is 18.2 Å². The molecule has 0 amide bonds. The number of rotatable bonds is 6. The molecule has 2 rings (SSSR count). The van der Waals surface area contributed by atoms with Crippen LogP contribution in [0.2, 0.25) is 0 Å². The lowest BCUT2D eigenvalue weighted by molar-refractivity contribution is 0.159. The Kier molecular flexibility index (Phi) is 4.72. The lowest BCUT2D eigenvalue weighted by Crippen LogP contribution is -2.22. The molecule has 2 N–H and O–H groups in total. The predicted molar refractivity (Wildman–Crippen MR) is 77.9 cm³/mol. The summed E-state index contributed by atoms with van der Waals surface area (Å²) < 4.78 is 6.44. The molecule has 0 aliphatic rings. The summed E-state index contributed by atoms with van der Waals surface area (Å²) in [5.41, 5.74) is 7.23. The van der Waals surface area contributed by atoms with E-state index in [0.29, 0.717) is 6.54 Å². The van der Waals surface area contributed by atoms with Crippen molar-refractivity contribution < 1.29 is 4.74 Å². The van der Waals surface area contributed by atoms with E-state index < -0.39 is 0 Å². The van der Waals surface area contributed by atoms with Gasteiger partial charge in [-0.25, -0.2) is 0 Å². The number of hydrogen-bond acceptors (Lipinski definition) is 4. The monoisotopic (exact) mass is 264 g/mol. The molecule has 0 radical (unpaired) electrons. The minimum absolute atomic E-state index is 0.618. The second kappa shape index (κ2) is 6.29. The zero-order chi connectivity index (χ0) is 13.0. The standard InChI is InChI=1S/C14H20N2OS/c1-16(7-8-17-2)10-12-11-5-3-4-6-13(11)18-14(12)9-15/h3-6H,7-10,15H2,1-2H3. The van der Waals surface area contributed by atoms with Gasteiger partial charge in [0.1, 0.15) is 0 Å². The van der Waals surface area contributed by atoms with Crippen LogP contribution in [0.25, 0.3) is 10.1 Å². The molecule has 2 aromatic rings. The Morgan fingerprint density at radius 2 is 2.11 bits per heavy atom. The van der Waals surface area contributed by atoms with Crippen molar-refractivity contribution >= 4 is 21.4 Å². The highest BCUT2D eigenvalue weighted by Crippen LogP contribution is 2.31. The van der Waals surface area contributed by atoms with Gasteiger partial charge in [-0.05, 0) is 24.1 Å². The molecule has 0 atom stereocenters. The second-order valence-corrected chi connectivity index (χ2v) is 5.57. The van der Waals surface area contributed by atoms with Crippen molar-refractivity contribution in [2.24, 2.45) is 5.73 Å². The number of ether oxygens (including phenoxy) is 1. The maximum absolute atomic E-state index is 5.86. The SMILES string of the molecule is COCCN(C)Cc1c(CN)sc2ccccc12. The fourth-order valence-corrected chi connectivity index (χ4v) is 3.18. The normalized spacial score (nSPS) is 11.6. The third-order valence-electron chi connectivity index (χ3n) is 3.07. The van der Waals surface area contributed by atoms with E-state index in [1.54, 1.807) is 18.4 Å². The number of benzene rings is 1. The first-order chi connectivity index (χ1) is 8.76. The highest BCUT2D eigenvalue weighted by atomic mass is 32.1. The fraction of sp³-hybridized carbons (Fsp3) is 0.429. The van der Waals surface area contributed by atoms with Crippen LogP contribution in [0, 0.1) is 0 Å². The third-order valence-corrected chi connectivity index (χ3v) is 4.31. The Hall–Kier alpha value is -0.940. The van der Waals surface area contributed by atoms with Crippen molar-refractivity contribution in [1.82, 2.24) is 4.90 Å². The molecule has 98 valence electrons. The van der Waals surface area contributed by atoms with E-state index in [2.05, 4.69) is 36.2 Å². The molecule has 1 aromatic heterocycles. The van der Waals surface area contributed by atoms with Crippen molar-refractivity contribution in [3.63, 3.8) is 0 Å². The summed E-state index contributed by atoms with van der Waals surface area (Å²) >= 11 is 1.81. The molecule has 3 nitrogen and oxygen atoms in total. The van der Waals surface area contributed by atoms with Crippen LogP contribution >= 0.6 is 11.3 Å². The van der Waals surface area contributed by atoms with Gasteiger partial charge < -0.3 is 10.5 Å². The summed E-state index contributed by atoms with van der Waals surface area (Å²) in [6.45, 7) is 3.24. The maximum atomic E-state index is 5.86. The van der Waals surface area contributed by atoms with Gasteiger partial charge in [0.2, 0.25) is 0 Å². The molecule has 1 heterocycles. The molecular formula is C14H20N2OS. The highest BCUT2D eigenvalue weighted by molar-refractivity contribution is 7.19. The Bertz CT molecular complexity index is 509. The number of nitrogens with two attached hydrogens (primary N) is 1. The van der Waals surface area contributed by atoms with Crippen molar-refractivity contribution in [3.8, 4) is 0 Å². The van der Waals surface area contributed by atoms with E-state index in [-0.39, 0.29) is 0 Å². The van der Waals surface area contributed by atoms with Gasteiger partial charge in [0.25, 0.3) is 0 Å². The average Bonchev–Trinajstić information content (AvgIpc) is 2.75. The molecule has 0 saturated heterocycles. The smallest absolute Gasteiger partial charge is 0.0589 e. The number of nitrogens with zero attached hydrogens (tertiary/aromatic N) is 1. The van der Waals surface area contributed by atoms with Crippen molar-refractivity contribution in [3.05, 3.63) is 34.7 Å². The van der Waals surface area contributed by atoms with Crippen LogP contribution in [0.3, 0.4) is 0 Å². The second-order valence-electron chi connectivity index (χ2n) is 4.43. The predicted octanol–water partition coefficient (Wildman–Crippen LogP) is 2.44. The van der Waals surface area contributed by atoms with E-state index >= 15 is 0 Å². The van der Waals surface area contributed by atoms with Crippen LogP contribution in [0.1, 0.15) is 10.4 Å². The van der Waals surface area contributed by atoms with E-state index in [9.17, 15) is 0 Å². The minimum Gasteiger partial charge on any atom is -0.383 e. The molecule has 0 bridgehead atoms. The van der Waals surface area contributed by atoms with Crippen LogP contribution < -0.4 is 5.73 Å². The van der Waals surface area contributed by atoms with Gasteiger partial charge >= 0.3 is 0 Å². The third kappa shape index (κ3) is 2.90. The van der Waals surface area contributed by atoms with Crippen LogP contribution in [0.5, 0.6) is 0 Å². The first-order valence-electron chi connectivity index (χ1n) is 6.13. The number of methoxy groups -OCH3 is 1. The van der Waals surface area contributed by atoms with Gasteiger partial charge in [-0.15, -0.1) is 11.3 Å². The Morgan fingerprint density at radius 3 is 2.83 bits per heavy atom. The molecule has 0 aliphatic carbocycles. The number of fused-ring (bicyclic) bond motifs is 1. The number of thiophene rings is 1. The largest absolute Gasteiger partial charge is 0.383 e. The highest BCUT2D eigenvalue weighted by Gasteiger charge is 2.12. The van der Waals surface area contributed by atoms with Crippen molar-refractivity contribution in [1.29, 1.82) is 0 Å². The van der Waals surface area contributed by atoms with Gasteiger partial charge in [0.05, 0.1) is 6.61 Å². The lowest BCUT2D eigenvalue weighted by Gasteiger charge is -2.16. The molecule has 1 aromatic carbocycles. The van der Waals surface area contributed by atoms with E-state index in [1.165, 1.54) is 20.5 Å². The van der Waals surface area contributed by atoms with Gasteiger partial charge in [-0.2, -0.15) is 0 Å². The Morgan fingerprint density at radius 1 is 1.33 bits per heavy atom. The molecule has 18 heavy (non-hydrogen) atoms. The van der Waals surface area contributed by atoms with Gasteiger partial charge in [0.15, 0.2) is 0 Å². The van der Waals surface area contributed by atoms with Crippen molar-refractivity contribution in [2.75, 3.05) is 27.3 Å². The zero-order valence-electron chi connectivity index (χ0n) is 11.0. The van der Waals surface area contributed by atoms with Gasteiger partial charge in [-0.3, -0.25) is 4.90 Å². The molecule has 0 fully saturated rings. The topological polar surface area (TPSA) is 38.5 Å². The summed E-state index contributed by atoms with van der Waals surface area (Å²) in [6.07, 6.45) is 0. The van der Waals surface area contributed by atoms with E-state index in [1.807, 2.05) is 0 Å². The zero-order valence-corrected chi connectivity index (χ0v) is 11.8. The molecule has 4 heteroatoms. The molecular weight excluding hydrogens is 244 g/mol. The molecule has 0 unspecified atom stereocenters. The van der Waals surface area contributed by atoms with Crippen LogP contribution in [-0.4, -0.2) is 32.2 Å². The summed E-state index contributed by atoms with van der Waals surface area (Å²) in [5.74, 6) is 0. The summed E-state index contributed by atoms with van der Waals surface area (Å²) in [6, 6.07) is 8.52. The quantitative estimate of drug-likeness (QED) is 0.871. The molecule has 0 spiro atoms. The molecule has 0 saturated carbocycles. The van der Waals surface area contributed by atoms with E-state index in [0.717, 1.165) is 19.7 Å². The fourth-order valence-electron chi connectivity index (χ4n) is 2.08. The summed E-state index contributed by atoms with van der Waals surface area (Å²) in [4.78, 5) is 3.57. The average molecular weight is 264 g/mol. The first kappa shape index (κ1) is 13.5. The van der Waals surface area contributed by atoms with Crippen LogP contribution in [0.15, 0.2) is 24.3 Å².